The normalized spacial score (nSPS) is 10.4. The second kappa shape index (κ2) is 5.02. The number of aromatic amines is 1. The molecule has 0 bridgehead atoms. The Kier molecular flexibility index (Phi) is 3.05. The Balaban J connectivity index is 1.81. The van der Waals surface area contributed by atoms with E-state index in [1.54, 1.807) is 0 Å². The minimum Gasteiger partial charge on any atom is -0.352 e. The molecule has 0 spiro atoms. The largest absolute Gasteiger partial charge is 0.352 e. The van der Waals surface area contributed by atoms with Gasteiger partial charge in [0.1, 0.15) is 5.82 Å². The van der Waals surface area contributed by atoms with E-state index in [2.05, 4.69) is 15.3 Å². The highest BCUT2D eigenvalue weighted by atomic mass is 19.1. The molecule has 0 unspecified atom stereocenters. The SMILES string of the molecule is N#Cc1ccc(F)c(CNc2nc3ccccc3[nH]2)c1. The fourth-order valence-electron chi connectivity index (χ4n) is 2.00. The van der Waals surface area contributed by atoms with Gasteiger partial charge in [0.2, 0.25) is 5.95 Å². The maximum atomic E-state index is 13.6. The molecule has 2 aromatic carbocycles. The van der Waals surface area contributed by atoms with Crippen LogP contribution in [-0.4, -0.2) is 9.97 Å². The monoisotopic (exact) mass is 266 g/mol. The summed E-state index contributed by atoms with van der Waals surface area (Å²) in [4.78, 5) is 7.45. The summed E-state index contributed by atoms with van der Waals surface area (Å²) in [6.45, 7) is 0.265. The molecule has 4 nitrogen and oxygen atoms in total. The minimum absolute atomic E-state index is 0.265. The zero-order valence-corrected chi connectivity index (χ0v) is 10.5. The molecule has 0 fully saturated rings. The molecule has 0 radical (unpaired) electrons. The summed E-state index contributed by atoms with van der Waals surface area (Å²) in [5, 5.41) is 11.8. The lowest BCUT2D eigenvalue weighted by Gasteiger charge is -2.04. The maximum absolute atomic E-state index is 13.6. The van der Waals surface area contributed by atoms with Crippen molar-refractivity contribution in [1.29, 1.82) is 5.26 Å². The summed E-state index contributed by atoms with van der Waals surface area (Å²) in [6.07, 6.45) is 0. The third-order valence-electron chi connectivity index (χ3n) is 3.01. The third kappa shape index (κ3) is 2.31. The molecule has 3 aromatic rings. The van der Waals surface area contributed by atoms with E-state index in [0.717, 1.165) is 11.0 Å². The van der Waals surface area contributed by atoms with E-state index in [1.807, 2.05) is 30.3 Å². The molecule has 98 valence electrons. The van der Waals surface area contributed by atoms with Crippen LogP contribution in [0.1, 0.15) is 11.1 Å². The summed E-state index contributed by atoms with van der Waals surface area (Å²) in [7, 11) is 0. The van der Waals surface area contributed by atoms with Gasteiger partial charge in [-0.25, -0.2) is 9.37 Å². The number of para-hydroxylation sites is 2. The van der Waals surface area contributed by atoms with E-state index in [0.29, 0.717) is 17.1 Å². The number of hydrogen-bond acceptors (Lipinski definition) is 3. The number of nitrogens with one attached hydrogen (secondary N) is 2. The van der Waals surface area contributed by atoms with Crippen molar-refractivity contribution in [2.75, 3.05) is 5.32 Å². The molecule has 3 rings (SSSR count). The number of nitriles is 1. The van der Waals surface area contributed by atoms with Gasteiger partial charge >= 0.3 is 0 Å². The highest BCUT2D eigenvalue weighted by Gasteiger charge is 2.05. The molecule has 0 aliphatic carbocycles. The number of fused-ring (bicyclic) bond motifs is 1. The van der Waals surface area contributed by atoms with Gasteiger partial charge in [0.05, 0.1) is 22.7 Å². The third-order valence-corrected chi connectivity index (χ3v) is 3.01. The van der Waals surface area contributed by atoms with Gasteiger partial charge in [-0.05, 0) is 30.3 Å². The van der Waals surface area contributed by atoms with Crippen LogP contribution in [0.3, 0.4) is 0 Å². The second-order valence-electron chi connectivity index (χ2n) is 4.37. The van der Waals surface area contributed by atoms with Gasteiger partial charge in [0.25, 0.3) is 0 Å². The van der Waals surface area contributed by atoms with Crippen LogP contribution in [0.4, 0.5) is 10.3 Å². The summed E-state index contributed by atoms with van der Waals surface area (Å²) in [6, 6.07) is 13.9. The highest BCUT2D eigenvalue weighted by molar-refractivity contribution is 5.77. The topological polar surface area (TPSA) is 64.5 Å². The van der Waals surface area contributed by atoms with Crippen molar-refractivity contribution in [3.63, 3.8) is 0 Å². The van der Waals surface area contributed by atoms with Crippen molar-refractivity contribution in [3.05, 3.63) is 59.4 Å². The smallest absolute Gasteiger partial charge is 0.201 e. The Morgan fingerprint density at radius 2 is 2.10 bits per heavy atom. The Bertz CT molecular complexity index is 768. The van der Waals surface area contributed by atoms with Gasteiger partial charge in [-0.2, -0.15) is 5.26 Å². The lowest BCUT2D eigenvalue weighted by atomic mass is 10.1. The number of rotatable bonds is 3. The molecule has 0 amide bonds. The average Bonchev–Trinajstić information content (AvgIpc) is 2.89. The zero-order chi connectivity index (χ0) is 13.9. The number of nitrogens with zero attached hydrogens (tertiary/aromatic N) is 2. The first-order valence-corrected chi connectivity index (χ1v) is 6.13. The molecular formula is C15H11FN4. The first kappa shape index (κ1) is 12.2. The number of aromatic nitrogens is 2. The molecule has 0 saturated carbocycles. The van der Waals surface area contributed by atoms with Crippen LogP contribution in [0, 0.1) is 17.1 Å². The van der Waals surface area contributed by atoms with Crippen LogP contribution >= 0.6 is 0 Å². The first-order valence-electron chi connectivity index (χ1n) is 6.13. The van der Waals surface area contributed by atoms with Crippen LogP contribution < -0.4 is 5.32 Å². The number of imidazole rings is 1. The molecule has 20 heavy (non-hydrogen) atoms. The van der Waals surface area contributed by atoms with Gasteiger partial charge in [0.15, 0.2) is 0 Å². The van der Waals surface area contributed by atoms with Gasteiger partial charge in [-0.15, -0.1) is 0 Å². The average molecular weight is 266 g/mol. The quantitative estimate of drug-likeness (QED) is 0.765. The van der Waals surface area contributed by atoms with Crippen LogP contribution in [0.15, 0.2) is 42.5 Å². The standard InChI is InChI=1S/C15H11FN4/c16-12-6-5-10(8-17)7-11(12)9-18-15-19-13-3-1-2-4-14(13)20-15/h1-7H,9H2,(H2,18,19,20). The number of H-pyrrole nitrogens is 1. The number of anilines is 1. The minimum atomic E-state index is -0.340. The van der Waals surface area contributed by atoms with Gasteiger partial charge in [-0.3, -0.25) is 0 Å². The molecule has 1 heterocycles. The highest BCUT2D eigenvalue weighted by Crippen LogP contribution is 2.15. The molecule has 0 saturated heterocycles. The van der Waals surface area contributed by atoms with E-state index in [1.165, 1.54) is 18.2 Å². The Labute approximate surface area is 114 Å². The van der Waals surface area contributed by atoms with E-state index >= 15 is 0 Å². The summed E-state index contributed by atoms with van der Waals surface area (Å²) in [5.74, 6) is 0.237. The van der Waals surface area contributed by atoms with Crippen molar-refractivity contribution in [3.8, 4) is 6.07 Å². The summed E-state index contributed by atoms with van der Waals surface area (Å²) in [5.41, 5.74) is 2.64. The van der Waals surface area contributed by atoms with Crippen molar-refractivity contribution in [2.24, 2.45) is 0 Å². The molecular weight excluding hydrogens is 255 g/mol. The molecule has 0 aliphatic rings. The van der Waals surface area contributed by atoms with Crippen molar-refractivity contribution >= 4 is 17.0 Å². The number of benzene rings is 2. The zero-order valence-electron chi connectivity index (χ0n) is 10.5. The Morgan fingerprint density at radius 3 is 2.90 bits per heavy atom. The fourth-order valence-corrected chi connectivity index (χ4v) is 2.00. The summed E-state index contributed by atoms with van der Waals surface area (Å²) < 4.78 is 13.6. The molecule has 0 aliphatic heterocycles. The molecule has 5 heteroatoms. The number of hydrogen-bond donors (Lipinski definition) is 2. The fraction of sp³-hybridized carbons (Fsp3) is 0.0667. The van der Waals surface area contributed by atoms with Crippen molar-refractivity contribution in [2.45, 2.75) is 6.54 Å². The van der Waals surface area contributed by atoms with Crippen molar-refractivity contribution < 1.29 is 4.39 Å². The lowest BCUT2D eigenvalue weighted by molar-refractivity contribution is 0.612. The first-order chi connectivity index (χ1) is 9.76. The van der Waals surface area contributed by atoms with E-state index in [9.17, 15) is 4.39 Å². The van der Waals surface area contributed by atoms with Crippen LogP contribution in [0.2, 0.25) is 0 Å². The van der Waals surface area contributed by atoms with E-state index in [4.69, 9.17) is 5.26 Å². The van der Waals surface area contributed by atoms with Gasteiger partial charge < -0.3 is 10.3 Å². The number of halogens is 1. The van der Waals surface area contributed by atoms with Gasteiger partial charge in [0, 0.05) is 12.1 Å². The van der Waals surface area contributed by atoms with Crippen LogP contribution in [-0.2, 0) is 6.54 Å². The van der Waals surface area contributed by atoms with Gasteiger partial charge in [-0.1, -0.05) is 12.1 Å². The Morgan fingerprint density at radius 1 is 1.25 bits per heavy atom. The molecule has 0 atom stereocenters. The second-order valence-corrected chi connectivity index (χ2v) is 4.37. The van der Waals surface area contributed by atoms with Crippen LogP contribution in [0.5, 0.6) is 0 Å². The maximum Gasteiger partial charge on any atom is 0.201 e. The predicted molar refractivity (Wildman–Crippen MR) is 74.5 cm³/mol. The Hall–Kier alpha value is -2.87. The lowest BCUT2D eigenvalue weighted by Crippen LogP contribution is -2.03. The van der Waals surface area contributed by atoms with Crippen molar-refractivity contribution in [1.82, 2.24) is 9.97 Å². The van der Waals surface area contributed by atoms with Crippen LogP contribution in [0.25, 0.3) is 11.0 Å². The van der Waals surface area contributed by atoms with E-state index in [-0.39, 0.29) is 12.4 Å². The molecule has 2 N–H and O–H groups in total. The summed E-state index contributed by atoms with van der Waals surface area (Å²) >= 11 is 0. The van der Waals surface area contributed by atoms with E-state index < -0.39 is 0 Å². The molecule has 1 aromatic heterocycles. The predicted octanol–water partition coefficient (Wildman–Crippen LogP) is 3.19.